The fourth-order valence-electron chi connectivity index (χ4n) is 3.52. The Morgan fingerprint density at radius 1 is 1.27 bits per heavy atom. The van der Waals surface area contributed by atoms with Crippen molar-refractivity contribution in [1.29, 1.82) is 0 Å². The minimum absolute atomic E-state index is 0. The van der Waals surface area contributed by atoms with Crippen molar-refractivity contribution in [2.24, 2.45) is 0 Å². The number of hydrogen-bond donors (Lipinski definition) is 0. The number of rotatable bonds is 2. The zero-order chi connectivity index (χ0) is 18.4. The minimum Gasteiger partial charge on any atom is -0.543 e. The molecule has 2 fully saturated rings. The first-order valence-electron chi connectivity index (χ1n) is 8.29. The molecule has 2 unspecified atom stereocenters. The van der Waals surface area contributed by atoms with Gasteiger partial charge in [-0.05, 0) is 33.6 Å². The van der Waals surface area contributed by atoms with Gasteiger partial charge < -0.3 is 24.4 Å². The summed E-state index contributed by atoms with van der Waals surface area (Å²) in [7, 11) is 0. The summed E-state index contributed by atoms with van der Waals surface area (Å²) in [6.45, 7) is 6.43. The second kappa shape index (κ2) is 7.45. The predicted octanol–water partition coefficient (Wildman–Crippen LogP) is -1.82. The Morgan fingerprint density at radius 3 is 2.31 bits per heavy atom. The number of pyridine rings is 1. The Balaban J connectivity index is 0.00000243. The molecule has 3 rings (SSSR count). The van der Waals surface area contributed by atoms with Crippen LogP contribution >= 0.6 is 0 Å². The molecular weight excluding hydrogens is 336 g/mol. The van der Waals surface area contributed by atoms with E-state index in [9.17, 15) is 19.1 Å². The summed E-state index contributed by atoms with van der Waals surface area (Å²) in [5.74, 6) is -2.55. The summed E-state index contributed by atoms with van der Waals surface area (Å²) < 4.78 is 19.4. The van der Waals surface area contributed by atoms with E-state index in [0.29, 0.717) is 18.8 Å². The van der Waals surface area contributed by atoms with Crippen LogP contribution in [-0.2, 0) is 4.74 Å². The van der Waals surface area contributed by atoms with Gasteiger partial charge in [-0.15, -0.1) is 0 Å². The molecule has 2 aliphatic heterocycles. The van der Waals surface area contributed by atoms with Crippen molar-refractivity contribution in [2.75, 3.05) is 18.0 Å². The molecule has 0 spiro atoms. The van der Waals surface area contributed by atoms with Gasteiger partial charge in [0.2, 0.25) is 0 Å². The van der Waals surface area contributed by atoms with E-state index in [1.165, 1.54) is 12.3 Å². The fraction of sp³-hybridized carbons (Fsp3) is 0.588. The number of carbonyl (C=O) groups is 2. The molecule has 2 saturated heterocycles. The first kappa shape index (κ1) is 20.5. The van der Waals surface area contributed by atoms with Gasteiger partial charge >= 0.3 is 25.0 Å². The number of carboxylic acid groups (broad SMARTS) is 1. The molecule has 136 valence electrons. The number of carboxylic acids is 1. The van der Waals surface area contributed by atoms with Crippen LogP contribution in [-0.4, -0.2) is 52.7 Å². The van der Waals surface area contributed by atoms with Crippen molar-refractivity contribution >= 4 is 17.7 Å². The second-order valence-corrected chi connectivity index (χ2v) is 7.49. The van der Waals surface area contributed by atoms with Crippen molar-refractivity contribution in [3.63, 3.8) is 0 Å². The van der Waals surface area contributed by atoms with Gasteiger partial charge in [0.25, 0.3) is 0 Å². The molecule has 2 aliphatic rings. The minimum atomic E-state index is -1.64. The van der Waals surface area contributed by atoms with Gasteiger partial charge in [0.05, 0.1) is 17.9 Å². The number of ether oxygens (including phenoxy) is 1. The van der Waals surface area contributed by atoms with E-state index >= 15 is 0 Å². The SMILES string of the molecule is CC(C)(C)OC(=O)N1CC2CCC(C1)N2c1cnc(C(=O)[O-])c(F)c1.[Li+]. The van der Waals surface area contributed by atoms with Gasteiger partial charge in [-0.2, -0.15) is 0 Å². The van der Waals surface area contributed by atoms with Crippen molar-refractivity contribution in [1.82, 2.24) is 9.88 Å². The van der Waals surface area contributed by atoms with E-state index in [1.807, 2.05) is 25.7 Å². The average Bonchev–Trinajstić information content (AvgIpc) is 2.74. The molecule has 1 aromatic heterocycles. The smallest absolute Gasteiger partial charge is 0.543 e. The van der Waals surface area contributed by atoms with Gasteiger partial charge in [-0.3, -0.25) is 0 Å². The summed E-state index contributed by atoms with van der Waals surface area (Å²) in [5.41, 5.74) is -0.719. The van der Waals surface area contributed by atoms with E-state index < -0.39 is 23.1 Å². The second-order valence-electron chi connectivity index (χ2n) is 7.49. The summed E-state index contributed by atoms with van der Waals surface area (Å²) in [6.07, 6.45) is 2.74. The number of anilines is 1. The summed E-state index contributed by atoms with van der Waals surface area (Å²) in [4.78, 5) is 30.5. The Morgan fingerprint density at radius 2 is 1.85 bits per heavy atom. The molecule has 2 bridgehead atoms. The van der Waals surface area contributed by atoms with Crippen molar-refractivity contribution in [3.05, 3.63) is 23.8 Å². The van der Waals surface area contributed by atoms with Crippen LogP contribution in [0.4, 0.5) is 14.9 Å². The zero-order valence-corrected chi connectivity index (χ0v) is 15.5. The van der Waals surface area contributed by atoms with E-state index in [1.54, 1.807) is 4.90 Å². The van der Waals surface area contributed by atoms with Crippen molar-refractivity contribution in [3.8, 4) is 0 Å². The van der Waals surface area contributed by atoms with Gasteiger partial charge in [0, 0.05) is 31.2 Å². The maximum atomic E-state index is 13.9. The Bertz CT molecular complexity index is 696. The molecule has 1 aromatic rings. The van der Waals surface area contributed by atoms with E-state index in [2.05, 4.69) is 4.98 Å². The molecule has 0 aliphatic carbocycles. The number of amides is 1. The van der Waals surface area contributed by atoms with Crippen LogP contribution in [0, 0.1) is 5.82 Å². The summed E-state index contributed by atoms with van der Waals surface area (Å²) in [5, 5.41) is 10.8. The monoisotopic (exact) mass is 357 g/mol. The normalized spacial score (nSPS) is 22.0. The van der Waals surface area contributed by atoms with Crippen LogP contribution in [0.2, 0.25) is 0 Å². The topological polar surface area (TPSA) is 85.8 Å². The number of carbonyl (C=O) groups excluding carboxylic acids is 2. The Labute approximate surface area is 163 Å². The van der Waals surface area contributed by atoms with E-state index in [0.717, 1.165) is 12.8 Å². The molecule has 0 aromatic carbocycles. The van der Waals surface area contributed by atoms with Gasteiger partial charge in [-0.25, -0.2) is 14.2 Å². The van der Waals surface area contributed by atoms with Crippen LogP contribution in [0.25, 0.3) is 0 Å². The Kier molecular flexibility index (Phi) is 5.88. The third kappa shape index (κ3) is 4.13. The maximum Gasteiger partial charge on any atom is 1.00 e. The molecule has 26 heavy (non-hydrogen) atoms. The fourth-order valence-corrected chi connectivity index (χ4v) is 3.52. The molecule has 1 amide bonds. The number of aromatic nitrogens is 1. The number of halogens is 1. The average molecular weight is 357 g/mol. The number of fused-ring (bicyclic) bond motifs is 2. The Hall–Kier alpha value is -1.78. The number of aromatic carboxylic acids is 1. The van der Waals surface area contributed by atoms with Crippen LogP contribution in [0.1, 0.15) is 44.1 Å². The molecular formula is C17H21FLiN3O4. The van der Waals surface area contributed by atoms with Crippen molar-refractivity contribution in [2.45, 2.75) is 51.3 Å². The first-order valence-corrected chi connectivity index (χ1v) is 8.29. The molecule has 0 radical (unpaired) electrons. The first-order chi connectivity index (χ1) is 11.7. The molecule has 7 nitrogen and oxygen atoms in total. The van der Waals surface area contributed by atoms with Gasteiger partial charge in [0.1, 0.15) is 11.3 Å². The number of piperazine rings is 1. The number of likely N-dealkylation sites (tertiary alicyclic amines) is 1. The number of nitrogens with zero attached hydrogens (tertiary/aromatic N) is 3. The number of hydrogen-bond acceptors (Lipinski definition) is 6. The van der Waals surface area contributed by atoms with Crippen LogP contribution in [0.15, 0.2) is 12.3 Å². The molecule has 9 heteroatoms. The van der Waals surface area contributed by atoms with Crippen LogP contribution < -0.4 is 28.9 Å². The third-order valence-electron chi connectivity index (χ3n) is 4.45. The van der Waals surface area contributed by atoms with E-state index in [-0.39, 0.29) is 37.0 Å². The zero-order valence-electron chi connectivity index (χ0n) is 15.5. The van der Waals surface area contributed by atoms with Crippen LogP contribution in [0.3, 0.4) is 0 Å². The molecule has 0 N–H and O–H groups in total. The standard InChI is InChI=1S/C17H22FN3O4.Li/c1-17(2,3)25-16(24)20-8-10-4-5-11(9-20)21(10)12-6-13(18)14(15(22)23)19-7-12;/h6-7,10-11H,4-5,8-9H2,1-3H3,(H,22,23);/q;+1/p-1. The summed E-state index contributed by atoms with van der Waals surface area (Å²) >= 11 is 0. The van der Waals surface area contributed by atoms with Crippen molar-refractivity contribution < 1.29 is 42.7 Å². The van der Waals surface area contributed by atoms with Gasteiger partial charge in [0.15, 0.2) is 5.82 Å². The van der Waals surface area contributed by atoms with E-state index in [4.69, 9.17) is 4.74 Å². The summed E-state index contributed by atoms with van der Waals surface area (Å²) in [6, 6.07) is 1.23. The molecule has 0 saturated carbocycles. The van der Waals surface area contributed by atoms with Gasteiger partial charge in [-0.1, -0.05) is 0 Å². The molecule has 2 atom stereocenters. The third-order valence-corrected chi connectivity index (χ3v) is 4.45. The molecule has 3 heterocycles. The predicted molar refractivity (Wildman–Crippen MR) is 85.6 cm³/mol. The maximum absolute atomic E-state index is 13.9. The largest absolute Gasteiger partial charge is 1.00 e. The quantitative estimate of drug-likeness (QED) is 0.579. The van der Waals surface area contributed by atoms with Crippen LogP contribution in [0.5, 0.6) is 0 Å².